The maximum Gasteiger partial charge on any atom is 0.0592 e. The van der Waals surface area contributed by atoms with E-state index in [9.17, 15) is 0 Å². The van der Waals surface area contributed by atoms with Crippen molar-refractivity contribution < 1.29 is 0 Å². The number of fused-ring (bicyclic) bond motifs is 1. The van der Waals surface area contributed by atoms with Crippen molar-refractivity contribution in [2.45, 2.75) is 25.7 Å². The monoisotopic (exact) mass is 323 g/mol. The van der Waals surface area contributed by atoms with Gasteiger partial charge in [-0.05, 0) is 63.0 Å². The van der Waals surface area contributed by atoms with Gasteiger partial charge in [0.2, 0.25) is 0 Å². The van der Waals surface area contributed by atoms with Crippen molar-refractivity contribution in [2.24, 2.45) is 0 Å². The van der Waals surface area contributed by atoms with E-state index in [1.165, 1.54) is 25.7 Å². The molecule has 0 aliphatic heterocycles. The molecular weight excluding hydrogens is 301 g/mol. The number of halogens is 2. The molecule has 0 saturated carbocycles. The molecule has 3 rings (SSSR count). The Morgan fingerprint density at radius 1 is 0.714 bits per heavy atom. The van der Waals surface area contributed by atoms with Gasteiger partial charge in [0, 0.05) is 0 Å². The highest BCUT2D eigenvalue weighted by Crippen LogP contribution is 2.20. The molecule has 1 aliphatic rings. The fraction of sp³-hybridized carbons (Fsp3) is 0.333. The summed E-state index contributed by atoms with van der Waals surface area (Å²) in [5, 5.41) is 3.96. The third kappa shape index (κ3) is 6.99. The molecule has 21 heavy (non-hydrogen) atoms. The second kappa shape index (κ2) is 10.7. The predicted molar refractivity (Wildman–Crippen MR) is 94.5 cm³/mol. The van der Waals surface area contributed by atoms with Crippen LogP contribution in [0.2, 0.25) is 10.0 Å². The maximum atomic E-state index is 5.58. The van der Waals surface area contributed by atoms with Gasteiger partial charge >= 0.3 is 0 Å². The fourth-order valence-corrected chi connectivity index (χ4v) is 2.39. The molecule has 0 amide bonds. The van der Waals surface area contributed by atoms with E-state index in [4.69, 9.17) is 23.2 Å². The summed E-state index contributed by atoms with van der Waals surface area (Å²) in [4.78, 5) is 0. The zero-order chi connectivity index (χ0) is 15.5. The summed E-state index contributed by atoms with van der Waals surface area (Å²) in [6, 6.07) is 16.0. The molecule has 0 fully saturated rings. The lowest BCUT2D eigenvalue weighted by atomic mass is 9.92. The number of hydrogen-bond donors (Lipinski definition) is 1. The van der Waals surface area contributed by atoms with Crippen molar-refractivity contribution in [3.8, 4) is 0 Å². The minimum Gasteiger partial charge on any atom is -0.323 e. The molecule has 0 radical (unpaired) electrons. The van der Waals surface area contributed by atoms with Gasteiger partial charge in [0.15, 0.2) is 0 Å². The van der Waals surface area contributed by atoms with Crippen LogP contribution in [0.25, 0.3) is 0 Å². The highest BCUT2D eigenvalue weighted by Gasteiger charge is 2.05. The summed E-state index contributed by atoms with van der Waals surface area (Å²) in [5.41, 5.74) is 3.16. The van der Waals surface area contributed by atoms with Gasteiger partial charge in [0.25, 0.3) is 0 Å². The standard InChI is InChI=1S/C10H12.C6H4Cl2.C2H7N/c1-2-6-10-8-4-3-7-9(10)5-1;7-5-3-1-2-4-6(5)8;1-3-2/h1-2,5-6H,3-4,7-8H2;1-4H;3H,1-2H3. The molecule has 3 heteroatoms. The zero-order valence-electron chi connectivity index (χ0n) is 12.7. The van der Waals surface area contributed by atoms with Gasteiger partial charge in [0.1, 0.15) is 0 Å². The first-order valence-electron chi connectivity index (χ1n) is 7.24. The Hall–Kier alpha value is -1.02. The van der Waals surface area contributed by atoms with E-state index in [0.29, 0.717) is 10.0 Å². The molecule has 0 unspecified atom stereocenters. The van der Waals surface area contributed by atoms with Crippen LogP contribution >= 0.6 is 23.2 Å². The van der Waals surface area contributed by atoms with Crippen LogP contribution in [0.5, 0.6) is 0 Å². The van der Waals surface area contributed by atoms with Gasteiger partial charge in [-0.25, -0.2) is 0 Å². The first-order chi connectivity index (χ1) is 10.2. The molecule has 0 atom stereocenters. The quantitative estimate of drug-likeness (QED) is 0.685. The van der Waals surface area contributed by atoms with Crippen LogP contribution in [0.3, 0.4) is 0 Å². The molecule has 1 N–H and O–H groups in total. The lowest BCUT2D eigenvalue weighted by molar-refractivity contribution is 0.685. The minimum atomic E-state index is 0.606. The van der Waals surface area contributed by atoms with Crippen molar-refractivity contribution in [3.05, 3.63) is 69.7 Å². The highest BCUT2D eigenvalue weighted by atomic mass is 35.5. The van der Waals surface area contributed by atoms with Gasteiger partial charge in [-0.2, -0.15) is 0 Å². The molecule has 0 aromatic heterocycles. The van der Waals surface area contributed by atoms with E-state index < -0.39 is 0 Å². The largest absolute Gasteiger partial charge is 0.323 e. The average Bonchev–Trinajstić information content (AvgIpc) is 2.52. The van der Waals surface area contributed by atoms with E-state index in [0.717, 1.165) is 0 Å². The lowest BCUT2D eigenvalue weighted by Gasteiger charge is -2.13. The Labute approximate surface area is 138 Å². The highest BCUT2D eigenvalue weighted by molar-refractivity contribution is 6.41. The second-order valence-corrected chi connectivity index (χ2v) is 5.70. The Bertz CT molecular complexity index is 480. The third-order valence-corrected chi connectivity index (χ3v) is 3.84. The van der Waals surface area contributed by atoms with Crippen LogP contribution < -0.4 is 5.32 Å². The van der Waals surface area contributed by atoms with Gasteiger partial charge in [-0.3, -0.25) is 0 Å². The van der Waals surface area contributed by atoms with Gasteiger partial charge in [-0.15, -0.1) is 0 Å². The summed E-state index contributed by atoms with van der Waals surface area (Å²) in [6.45, 7) is 0. The first kappa shape index (κ1) is 18.0. The van der Waals surface area contributed by atoms with Crippen molar-refractivity contribution in [2.75, 3.05) is 14.1 Å². The SMILES string of the molecule is CNC.Clc1ccccc1Cl.c1ccc2c(c1)CCCC2. The Balaban J connectivity index is 0.000000181. The Kier molecular flexibility index (Phi) is 9.16. The maximum absolute atomic E-state index is 5.58. The smallest absolute Gasteiger partial charge is 0.0592 e. The predicted octanol–water partition coefficient (Wildman–Crippen LogP) is 5.39. The first-order valence-corrected chi connectivity index (χ1v) is 8.00. The molecule has 0 bridgehead atoms. The van der Waals surface area contributed by atoms with Crippen molar-refractivity contribution >= 4 is 23.2 Å². The fourth-order valence-electron chi connectivity index (χ4n) is 2.12. The number of rotatable bonds is 0. The topological polar surface area (TPSA) is 12.0 Å². The Morgan fingerprint density at radius 3 is 1.38 bits per heavy atom. The normalized spacial score (nSPS) is 12.2. The summed E-state index contributed by atoms with van der Waals surface area (Å²) in [7, 11) is 3.75. The number of nitrogens with one attached hydrogen (secondary N) is 1. The van der Waals surface area contributed by atoms with Crippen LogP contribution in [0.1, 0.15) is 24.0 Å². The Morgan fingerprint density at radius 2 is 1.05 bits per heavy atom. The summed E-state index contributed by atoms with van der Waals surface area (Å²) >= 11 is 11.2. The van der Waals surface area contributed by atoms with Crippen LogP contribution in [-0.2, 0) is 12.8 Å². The summed E-state index contributed by atoms with van der Waals surface area (Å²) in [6.07, 6.45) is 5.38. The van der Waals surface area contributed by atoms with Crippen LogP contribution in [-0.4, -0.2) is 14.1 Å². The molecule has 0 spiro atoms. The molecule has 0 saturated heterocycles. The van der Waals surface area contributed by atoms with Crippen LogP contribution in [0.15, 0.2) is 48.5 Å². The molecule has 2 aromatic rings. The van der Waals surface area contributed by atoms with Crippen molar-refractivity contribution in [1.82, 2.24) is 5.32 Å². The van der Waals surface area contributed by atoms with Crippen molar-refractivity contribution in [1.29, 1.82) is 0 Å². The number of aryl methyl sites for hydroxylation is 2. The van der Waals surface area contributed by atoms with E-state index in [1.54, 1.807) is 23.3 Å². The van der Waals surface area contributed by atoms with Crippen LogP contribution in [0.4, 0.5) is 0 Å². The average molecular weight is 324 g/mol. The molecular formula is C18H23Cl2N. The molecule has 1 nitrogen and oxygen atoms in total. The molecule has 0 heterocycles. The van der Waals surface area contributed by atoms with E-state index in [2.05, 4.69) is 29.6 Å². The number of hydrogen-bond acceptors (Lipinski definition) is 1. The number of benzene rings is 2. The van der Waals surface area contributed by atoms with E-state index in [-0.39, 0.29) is 0 Å². The third-order valence-electron chi connectivity index (χ3n) is 3.08. The van der Waals surface area contributed by atoms with Crippen LogP contribution in [0, 0.1) is 0 Å². The van der Waals surface area contributed by atoms with Gasteiger partial charge in [-0.1, -0.05) is 59.6 Å². The van der Waals surface area contributed by atoms with E-state index >= 15 is 0 Å². The van der Waals surface area contributed by atoms with E-state index in [1.807, 2.05) is 26.2 Å². The molecule has 114 valence electrons. The summed E-state index contributed by atoms with van der Waals surface area (Å²) in [5.74, 6) is 0. The lowest BCUT2D eigenvalue weighted by Crippen LogP contribution is -2.00. The summed E-state index contributed by atoms with van der Waals surface area (Å²) < 4.78 is 0. The van der Waals surface area contributed by atoms with Crippen molar-refractivity contribution in [3.63, 3.8) is 0 Å². The molecule has 2 aromatic carbocycles. The van der Waals surface area contributed by atoms with Gasteiger partial charge < -0.3 is 5.32 Å². The second-order valence-electron chi connectivity index (χ2n) is 4.89. The minimum absolute atomic E-state index is 0.606. The molecule has 1 aliphatic carbocycles. The van der Waals surface area contributed by atoms with Gasteiger partial charge in [0.05, 0.1) is 10.0 Å². The zero-order valence-corrected chi connectivity index (χ0v) is 14.2.